The van der Waals surface area contributed by atoms with E-state index in [0.717, 1.165) is 13.1 Å². The average molecular weight is 273 g/mol. The van der Waals surface area contributed by atoms with Crippen molar-refractivity contribution in [1.29, 1.82) is 0 Å². The van der Waals surface area contributed by atoms with Crippen LogP contribution in [0.25, 0.3) is 0 Å². The van der Waals surface area contributed by atoms with Gasteiger partial charge in [-0.2, -0.15) is 0 Å². The number of fused-ring (bicyclic) bond motifs is 1. The average Bonchev–Trinajstić information content (AvgIpc) is 2.97. The first-order chi connectivity index (χ1) is 9.38. The molecular weight excluding hydrogens is 254 g/mol. The molecule has 2 aromatic heterocycles. The van der Waals surface area contributed by atoms with Crippen molar-refractivity contribution < 1.29 is 0 Å². The molecule has 0 radical (unpaired) electrons. The summed E-state index contributed by atoms with van der Waals surface area (Å²) in [6, 6.07) is 4.76. The molecule has 2 heterocycles. The minimum atomic E-state index is 0.469. The van der Waals surface area contributed by atoms with Gasteiger partial charge in [-0.05, 0) is 37.4 Å². The van der Waals surface area contributed by atoms with Crippen LogP contribution in [0.15, 0.2) is 30.0 Å². The van der Waals surface area contributed by atoms with Crippen molar-refractivity contribution in [3.63, 3.8) is 0 Å². The quantitative estimate of drug-likeness (QED) is 0.854. The van der Waals surface area contributed by atoms with E-state index in [1.807, 2.05) is 17.9 Å². The molecule has 3 nitrogen and oxygen atoms in total. The Kier molecular flexibility index (Phi) is 3.89. The molecule has 0 aromatic carbocycles. The Labute approximate surface area is 118 Å². The monoisotopic (exact) mass is 273 g/mol. The Bertz CT molecular complexity index is 524. The predicted octanol–water partition coefficient (Wildman–Crippen LogP) is 3.44. The Morgan fingerprint density at radius 3 is 3.21 bits per heavy atom. The number of nitrogens with zero attached hydrogens (tertiary/aromatic N) is 3. The number of hydrogen-bond acceptors (Lipinski definition) is 4. The molecular formula is C15H19N3S. The van der Waals surface area contributed by atoms with E-state index in [9.17, 15) is 0 Å². The third kappa shape index (κ3) is 2.69. The molecule has 0 fully saturated rings. The number of rotatable bonds is 4. The third-order valence-electron chi connectivity index (χ3n) is 3.85. The Morgan fingerprint density at radius 1 is 1.47 bits per heavy atom. The van der Waals surface area contributed by atoms with Gasteiger partial charge in [-0.25, -0.2) is 0 Å². The van der Waals surface area contributed by atoms with Gasteiger partial charge in [0.2, 0.25) is 0 Å². The Morgan fingerprint density at radius 2 is 2.42 bits per heavy atom. The van der Waals surface area contributed by atoms with E-state index in [1.165, 1.54) is 35.4 Å². The van der Waals surface area contributed by atoms with Gasteiger partial charge >= 0.3 is 0 Å². The molecule has 0 aliphatic heterocycles. The maximum Gasteiger partial charge on any atom is 0.0794 e. The highest BCUT2D eigenvalue weighted by Crippen LogP contribution is 2.33. The van der Waals surface area contributed by atoms with Gasteiger partial charge in [-0.1, -0.05) is 13.0 Å². The molecule has 0 saturated carbocycles. The number of pyridine rings is 1. The van der Waals surface area contributed by atoms with Gasteiger partial charge in [0.1, 0.15) is 0 Å². The largest absolute Gasteiger partial charge is 0.290 e. The number of thiazole rings is 1. The summed E-state index contributed by atoms with van der Waals surface area (Å²) in [5.74, 6) is 0. The molecule has 1 atom stereocenters. The van der Waals surface area contributed by atoms with Crippen LogP contribution >= 0.6 is 11.3 Å². The Balaban J connectivity index is 1.84. The summed E-state index contributed by atoms with van der Waals surface area (Å²) >= 11 is 1.74. The van der Waals surface area contributed by atoms with Crippen LogP contribution in [0.4, 0.5) is 0 Å². The molecule has 100 valence electrons. The van der Waals surface area contributed by atoms with Gasteiger partial charge in [0.05, 0.1) is 17.2 Å². The van der Waals surface area contributed by atoms with E-state index < -0.39 is 0 Å². The molecule has 4 heteroatoms. The van der Waals surface area contributed by atoms with Crippen molar-refractivity contribution in [3.05, 3.63) is 46.2 Å². The summed E-state index contributed by atoms with van der Waals surface area (Å²) in [6.45, 7) is 4.28. The SMILES string of the molecule is CCN(Cc1cncs1)C1CCCc2cccnc21. The van der Waals surface area contributed by atoms with E-state index in [2.05, 4.69) is 33.9 Å². The molecule has 3 rings (SSSR count). The highest BCUT2D eigenvalue weighted by Gasteiger charge is 2.26. The fourth-order valence-corrected chi connectivity index (χ4v) is 3.52. The highest BCUT2D eigenvalue weighted by atomic mass is 32.1. The van der Waals surface area contributed by atoms with Gasteiger partial charge in [0.25, 0.3) is 0 Å². The minimum Gasteiger partial charge on any atom is -0.290 e. The first kappa shape index (κ1) is 12.8. The molecule has 0 bridgehead atoms. The van der Waals surface area contributed by atoms with Crippen LogP contribution in [0, 0.1) is 0 Å². The smallest absolute Gasteiger partial charge is 0.0794 e. The normalized spacial score (nSPS) is 18.5. The molecule has 0 spiro atoms. The first-order valence-corrected chi connectivity index (χ1v) is 7.81. The second-order valence-electron chi connectivity index (χ2n) is 4.99. The van der Waals surface area contributed by atoms with Crippen LogP contribution in [0.5, 0.6) is 0 Å². The molecule has 1 aliphatic carbocycles. The van der Waals surface area contributed by atoms with Crippen molar-refractivity contribution in [2.45, 2.75) is 38.8 Å². The van der Waals surface area contributed by atoms with Gasteiger partial charge in [0.15, 0.2) is 0 Å². The standard InChI is InChI=1S/C15H19N3S/c1-2-18(10-13-9-16-11-19-13)14-7-3-5-12-6-4-8-17-15(12)14/h4,6,8-9,11,14H,2-3,5,7,10H2,1H3. The first-order valence-electron chi connectivity index (χ1n) is 6.93. The predicted molar refractivity (Wildman–Crippen MR) is 78.1 cm³/mol. The molecule has 2 aromatic rings. The number of aryl methyl sites for hydroxylation is 1. The van der Waals surface area contributed by atoms with Gasteiger partial charge in [-0.3, -0.25) is 14.9 Å². The number of hydrogen-bond donors (Lipinski definition) is 0. The summed E-state index contributed by atoms with van der Waals surface area (Å²) in [6.07, 6.45) is 7.57. The van der Waals surface area contributed by atoms with E-state index in [0.29, 0.717) is 6.04 Å². The maximum atomic E-state index is 4.64. The molecule has 0 N–H and O–H groups in total. The van der Waals surface area contributed by atoms with Crippen LogP contribution < -0.4 is 0 Å². The fraction of sp³-hybridized carbons (Fsp3) is 0.467. The topological polar surface area (TPSA) is 29.0 Å². The molecule has 0 amide bonds. The zero-order valence-corrected chi connectivity index (χ0v) is 12.1. The van der Waals surface area contributed by atoms with E-state index in [4.69, 9.17) is 0 Å². The van der Waals surface area contributed by atoms with E-state index >= 15 is 0 Å². The lowest BCUT2D eigenvalue weighted by Gasteiger charge is -2.33. The third-order valence-corrected chi connectivity index (χ3v) is 4.62. The van der Waals surface area contributed by atoms with Crippen LogP contribution in [-0.2, 0) is 13.0 Å². The zero-order chi connectivity index (χ0) is 13.1. The lowest BCUT2D eigenvalue weighted by molar-refractivity contribution is 0.176. The number of aromatic nitrogens is 2. The maximum absolute atomic E-state index is 4.64. The van der Waals surface area contributed by atoms with Crippen LogP contribution in [-0.4, -0.2) is 21.4 Å². The lowest BCUT2D eigenvalue weighted by Crippen LogP contribution is -2.31. The summed E-state index contributed by atoms with van der Waals surface area (Å²) in [4.78, 5) is 12.7. The molecule has 1 unspecified atom stereocenters. The van der Waals surface area contributed by atoms with Crippen molar-refractivity contribution in [1.82, 2.24) is 14.9 Å². The Hall–Kier alpha value is -1.26. The molecule has 1 aliphatic rings. The summed E-state index contributed by atoms with van der Waals surface area (Å²) in [7, 11) is 0. The van der Waals surface area contributed by atoms with E-state index in [1.54, 1.807) is 11.3 Å². The van der Waals surface area contributed by atoms with Crippen molar-refractivity contribution in [2.24, 2.45) is 0 Å². The summed E-state index contributed by atoms with van der Waals surface area (Å²) < 4.78 is 0. The van der Waals surface area contributed by atoms with Gasteiger partial charge in [0, 0.05) is 23.8 Å². The highest BCUT2D eigenvalue weighted by molar-refractivity contribution is 7.09. The lowest BCUT2D eigenvalue weighted by atomic mass is 9.91. The van der Waals surface area contributed by atoms with Crippen molar-refractivity contribution >= 4 is 11.3 Å². The molecule has 0 saturated heterocycles. The minimum absolute atomic E-state index is 0.469. The zero-order valence-electron chi connectivity index (χ0n) is 11.2. The van der Waals surface area contributed by atoms with Crippen molar-refractivity contribution in [3.8, 4) is 0 Å². The molecule has 19 heavy (non-hydrogen) atoms. The second kappa shape index (κ2) is 5.80. The second-order valence-corrected chi connectivity index (χ2v) is 5.96. The van der Waals surface area contributed by atoms with Crippen molar-refractivity contribution in [2.75, 3.05) is 6.54 Å². The fourth-order valence-electron chi connectivity index (χ4n) is 2.90. The van der Waals surface area contributed by atoms with Crippen LogP contribution in [0.3, 0.4) is 0 Å². The van der Waals surface area contributed by atoms with E-state index in [-0.39, 0.29) is 0 Å². The van der Waals surface area contributed by atoms with Gasteiger partial charge in [-0.15, -0.1) is 11.3 Å². The summed E-state index contributed by atoms with van der Waals surface area (Å²) in [5.41, 5.74) is 4.64. The summed E-state index contributed by atoms with van der Waals surface area (Å²) in [5, 5.41) is 0. The van der Waals surface area contributed by atoms with Crippen LogP contribution in [0.2, 0.25) is 0 Å². The van der Waals surface area contributed by atoms with Gasteiger partial charge < -0.3 is 0 Å². The van der Waals surface area contributed by atoms with Crippen LogP contribution in [0.1, 0.15) is 41.9 Å².